The van der Waals surface area contributed by atoms with Crippen molar-refractivity contribution in [1.82, 2.24) is 5.32 Å². The Hall–Kier alpha value is -1.74. The highest BCUT2D eigenvalue weighted by Gasteiger charge is 2.07. The van der Waals surface area contributed by atoms with E-state index in [1.165, 1.54) is 0 Å². The van der Waals surface area contributed by atoms with E-state index in [4.69, 9.17) is 16.0 Å². The Kier molecular flexibility index (Phi) is 3.49. The summed E-state index contributed by atoms with van der Waals surface area (Å²) in [7, 11) is 0. The number of nitrogens with one attached hydrogen (secondary N) is 1. The molecule has 17 heavy (non-hydrogen) atoms. The lowest BCUT2D eigenvalue weighted by Crippen LogP contribution is -2.22. The normalized spacial score (nSPS) is 10.2. The van der Waals surface area contributed by atoms with Crippen molar-refractivity contribution < 1.29 is 9.21 Å². The molecule has 2 rings (SSSR count). The highest BCUT2D eigenvalue weighted by Crippen LogP contribution is 2.16. The Bertz CT molecular complexity index is 520. The minimum atomic E-state index is -0.164. The number of carbonyl (C=O) groups is 1. The van der Waals surface area contributed by atoms with E-state index >= 15 is 0 Å². The third-order valence-electron chi connectivity index (χ3n) is 2.44. The molecule has 1 amide bonds. The molecule has 0 radical (unpaired) electrons. The number of hydrogen-bond donors (Lipinski definition) is 1. The van der Waals surface area contributed by atoms with Crippen LogP contribution in [0.15, 0.2) is 41.0 Å². The summed E-state index contributed by atoms with van der Waals surface area (Å²) in [6, 6.07) is 8.82. The van der Waals surface area contributed by atoms with Gasteiger partial charge in [-0.1, -0.05) is 17.7 Å². The molecule has 0 atom stereocenters. The van der Waals surface area contributed by atoms with Crippen LogP contribution in [0.4, 0.5) is 0 Å². The standard InChI is InChI=1S/C13H12ClNO2/c1-9-4-5-10(7-12(9)14)13(16)15-8-11-3-2-6-17-11/h2-7H,8H2,1H3,(H,15,16). The van der Waals surface area contributed by atoms with Gasteiger partial charge in [0.15, 0.2) is 0 Å². The first-order valence-electron chi connectivity index (χ1n) is 5.23. The predicted octanol–water partition coefficient (Wildman–Crippen LogP) is 3.17. The topological polar surface area (TPSA) is 42.2 Å². The van der Waals surface area contributed by atoms with Gasteiger partial charge in [-0.05, 0) is 36.8 Å². The van der Waals surface area contributed by atoms with Crippen molar-refractivity contribution >= 4 is 17.5 Å². The second kappa shape index (κ2) is 5.06. The number of carbonyl (C=O) groups excluding carboxylic acids is 1. The minimum Gasteiger partial charge on any atom is -0.467 e. The van der Waals surface area contributed by atoms with Crippen LogP contribution in [0.2, 0.25) is 5.02 Å². The second-order valence-electron chi connectivity index (χ2n) is 3.73. The molecule has 0 aliphatic heterocycles. The van der Waals surface area contributed by atoms with Crippen molar-refractivity contribution in [3.63, 3.8) is 0 Å². The van der Waals surface area contributed by atoms with E-state index in [0.717, 1.165) is 11.3 Å². The van der Waals surface area contributed by atoms with Gasteiger partial charge in [0.2, 0.25) is 0 Å². The fraction of sp³-hybridized carbons (Fsp3) is 0.154. The molecule has 3 nitrogen and oxygen atoms in total. The molecule has 2 aromatic rings. The minimum absolute atomic E-state index is 0.164. The van der Waals surface area contributed by atoms with Crippen LogP contribution < -0.4 is 5.32 Å². The molecule has 1 N–H and O–H groups in total. The van der Waals surface area contributed by atoms with E-state index < -0.39 is 0 Å². The van der Waals surface area contributed by atoms with E-state index in [9.17, 15) is 4.79 Å². The highest BCUT2D eigenvalue weighted by atomic mass is 35.5. The zero-order valence-electron chi connectivity index (χ0n) is 9.37. The lowest BCUT2D eigenvalue weighted by atomic mass is 10.1. The maximum Gasteiger partial charge on any atom is 0.251 e. The van der Waals surface area contributed by atoms with Crippen LogP contribution in [0.3, 0.4) is 0 Å². The molecule has 1 heterocycles. The SMILES string of the molecule is Cc1ccc(C(=O)NCc2ccco2)cc1Cl. The van der Waals surface area contributed by atoms with E-state index in [-0.39, 0.29) is 5.91 Å². The zero-order chi connectivity index (χ0) is 12.3. The molecule has 88 valence electrons. The molecule has 0 saturated heterocycles. The van der Waals surface area contributed by atoms with Gasteiger partial charge in [0, 0.05) is 10.6 Å². The molecule has 0 aliphatic rings. The first kappa shape index (κ1) is 11.7. The molecule has 0 aliphatic carbocycles. The van der Waals surface area contributed by atoms with E-state index in [2.05, 4.69) is 5.32 Å². The number of aryl methyl sites for hydroxylation is 1. The largest absolute Gasteiger partial charge is 0.467 e. The van der Waals surface area contributed by atoms with Gasteiger partial charge in [0.1, 0.15) is 5.76 Å². The summed E-state index contributed by atoms with van der Waals surface area (Å²) < 4.78 is 5.12. The first-order chi connectivity index (χ1) is 8.16. The van der Waals surface area contributed by atoms with E-state index in [0.29, 0.717) is 17.1 Å². The number of amides is 1. The van der Waals surface area contributed by atoms with Crippen molar-refractivity contribution in [2.45, 2.75) is 13.5 Å². The Balaban J connectivity index is 2.02. The van der Waals surface area contributed by atoms with Gasteiger partial charge in [-0.2, -0.15) is 0 Å². The predicted molar refractivity (Wildman–Crippen MR) is 66.1 cm³/mol. The Labute approximate surface area is 104 Å². The monoisotopic (exact) mass is 249 g/mol. The molecule has 0 spiro atoms. The van der Waals surface area contributed by atoms with Crippen molar-refractivity contribution in [2.75, 3.05) is 0 Å². The molecule has 0 bridgehead atoms. The number of rotatable bonds is 3. The summed E-state index contributed by atoms with van der Waals surface area (Å²) in [5.74, 6) is 0.555. The lowest BCUT2D eigenvalue weighted by molar-refractivity contribution is 0.0948. The van der Waals surface area contributed by atoms with Gasteiger partial charge >= 0.3 is 0 Å². The van der Waals surface area contributed by atoms with Crippen LogP contribution in [-0.4, -0.2) is 5.91 Å². The van der Waals surface area contributed by atoms with Crippen molar-refractivity contribution in [3.8, 4) is 0 Å². The second-order valence-corrected chi connectivity index (χ2v) is 4.13. The molecule has 1 aromatic carbocycles. The third kappa shape index (κ3) is 2.88. The van der Waals surface area contributed by atoms with Crippen LogP contribution in [0, 0.1) is 6.92 Å². The summed E-state index contributed by atoms with van der Waals surface area (Å²) in [6.07, 6.45) is 1.57. The number of halogens is 1. The average Bonchev–Trinajstić information content (AvgIpc) is 2.82. The summed E-state index contributed by atoms with van der Waals surface area (Å²) in [5.41, 5.74) is 1.50. The van der Waals surface area contributed by atoms with Crippen molar-refractivity contribution in [3.05, 3.63) is 58.5 Å². The average molecular weight is 250 g/mol. The molecule has 0 unspecified atom stereocenters. The summed E-state index contributed by atoms with van der Waals surface area (Å²) >= 11 is 5.96. The van der Waals surface area contributed by atoms with Gasteiger partial charge in [-0.25, -0.2) is 0 Å². The number of benzene rings is 1. The van der Waals surface area contributed by atoms with E-state index in [1.807, 2.05) is 19.1 Å². The molecule has 1 aromatic heterocycles. The zero-order valence-corrected chi connectivity index (χ0v) is 10.1. The molecule has 4 heteroatoms. The van der Waals surface area contributed by atoms with Crippen LogP contribution in [0.5, 0.6) is 0 Å². The smallest absolute Gasteiger partial charge is 0.251 e. The van der Waals surface area contributed by atoms with Crippen molar-refractivity contribution in [1.29, 1.82) is 0 Å². The lowest BCUT2D eigenvalue weighted by Gasteiger charge is -2.05. The number of hydrogen-bond acceptors (Lipinski definition) is 2. The first-order valence-corrected chi connectivity index (χ1v) is 5.61. The Morgan fingerprint density at radius 2 is 2.24 bits per heavy atom. The van der Waals surface area contributed by atoms with Gasteiger partial charge in [0.25, 0.3) is 5.91 Å². The maximum absolute atomic E-state index is 11.8. The quantitative estimate of drug-likeness (QED) is 0.908. The van der Waals surface area contributed by atoms with Crippen LogP contribution in [-0.2, 0) is 6.54 Å². The van der Waals surface area contributed by atoms with Gasteiger partial charge in [-0.3, -0.25) is 4.79 Å². The van der Waals surface area contributed by atoms with Gasteiger partial charge in [0.05, 0.1) is 12.8 Å². The number of furan rings is 1. The van der Waals surface area contributed by atoms with Gasteiger partial charge < -0.3 is 9.73 Å². The van der Waals surface area contributed by atoms with Gasteiger partial charge in [-0.15, -0.1) is 0 Å². The highest BCUT2D eigenvalue weighted by molar-refractivity contribution is 6.31. The van der Waals surface area contributed by atoms with Crippen LogP contribution in [0.1, 0.15) is 21.7 Å². The fourth-order valence-electron chi connectivity index (χ4n) is 1.42. The van der Waals surface area contributed by atoms with E-state index in [1.54, 1.807) is 24.5 Å². The Morgan fingerprint density at radius 1 is 1.41 bits per heavy atom. The Morgan fingerprint density at radius 3 is 2.88 bits per heavy atom. The molecule has 0 fully saturated rings. The third-order valence-corrected chi connectivity index (χ3v) is 2.84. The van der Waals surface area contributed by atoms with Crippen LogP contribution in [0.25, 0.3) is 0 Å². The van der Waals surface area contributed by atoms with Crippen molar-refractivity contribution in [2.24, 2.45) is 0 Å². The summed E-state index contributed by atoms with van der Waals surface area (Å²) in [5, 5.41) is 3.35. The summed E-state index contributed by atoms with van der Waals surface area (Å²) in [6.45, 7) is 2.27. The molecular weight excluding hydrogens is 238 g/mol. The molecule has 0 saturated carbocycles. The summed E-state index contributed by atoms with van der Waals surface area (Å²) in [4.78, 5) is 11.8. The van der Waals surface area contributed by atoms with Crippen LogP contribution >= 0.6 is 11.6 Å². The molecular formula is C13H12ClNO2. The maximum atomic E-state index is 11.8. The fourth-order valence-corrected chi connectivity index (χ4v) is 1.60.